The van der Waals surface area contributed by atoms with Gasteiger partial charge in [0.2, 0.25) is 0 Å². The Balaban J connectivity index is 0.00000121. The molecule has 0 aromatic heterocycles. The van der Waals surface area contributed by atoms with Crippen LogP contribution in [0.2, 0.25) is 0 Å². The monoisotopic (exact) mass is 231 g/mol. The van der Waals surface area contributed by atoms with Crippen LogP contribution >= 0.6 is 0 Å². The Labute approximate surface area is 80.4 Å². The summed E-state index contributed by atoms with van der Waals surface area (Å²) < 4.78 is 29.4. The van der Waals surface area contributed by atoms with Gasteiger partial charge in [-0.3, -0.25) is 4.55 Å². The van der Waals surface area contributed by atoms with Gasteiger partial charge in [0.1, 0.15) is 0 Å². The van der Waals surface area contributed by atoms with Crippen LogP contribution in [0.4, 0.5) is 5.69 Å². The quantitative estimate of drug-likeness (QED) is 0.420. The summed E-state index contributed by atoms with van der Waals surface area (Å²) in [5.74, 6) is 0. The molecule has 0 bridgehead atoms. The van der Waals surface area contributed by atoms with E-state index in [1.165, 1.54) is 24.3 Å². The van der Waals surface area contributed by atoms with Gasteiger partial charge < -0.3 is 5.73 Å². The standard InChI is InChI=1S/C6H7NO3S.Ni/c7-5-1-3-6(4-2-5)11(8,9)10;/h1-4H,7H2,(H,8,9,10);. The Morgan fingerprint density at radius 2 is 1.58 bits per heavy atom. The summed E-state index contributed by atoms with van der Waals surface area (Å²) in [4.78, 5) is -0.147. The van der Waals surface area contributed by atoms with Crippen molar-refractivity contribution >= 4 is 15.8 Å². The molecule has 0 saturated heterocycles. The van der Waals surface area contributed by atoms with Crippen molar-refractivity contribution < 1.29 is 29.5 Å². The van der Waals surface area contributed by atoms with Crippen molar-refractivity contribution in [1.82, 2.24) is 0 Å². The molecule has 0 fully saturated rings. The van der Waals surface area contributed by atoms with Crippen LogP contribution in [0, 0.1) is 0 Å². The van der Waals surface area contributed by atoms with Crippen LogP contribution < -0.4 is 5.73 Å². The molecule has 1 aromatic carbocycles. The van der Waals surface area contributed by atoms with Crippen molar-refractivity contribution in [2.45, 2.75) is 4.90 Å². The van der Waals surface area contributed by atoms with Gasteiger partial charge in [0.25, 0.3) is 10.1 Å². The van der Waals surface area contributed by atoms with Crippen LogP contribution in [-0.4, -0.2) is 13.0 Å². The Bertz CT molecular complexity index is 346. The number of nitrogen functional groups attached to an aromatic ring is 1. The molecule has 0 aliphatic rings. The number of benzene rings is 1. The third-order valence-corrected chi connectivity index (χ3v) is 2.05. The molecular formula is C6H7NNiO3S. The minimum atomic E-state index is -4.08. The van der Waals surface area contributed by atoms with E-state index in [9.17, 15) is 8.42 Å². The van der Waals surface area contributed by atoms with Gasteiger partial charge in [-0.25, -0.2) is 0 Å². The fourth-order valence-corrected chi connectivity index (χ4v) is 1.12. The summed E-state index contributed by atoms with van der Waals surface area (Å²) in [5.41, 5.74) is 5.75. The first-order valence-corrected chi connectivity index (χ1v) is 4.27. The Hall–Kier alpha value is -0.576. The summed E-state index contributed by atoms with van der Waals surface area (Å²) in [6.45, 7) is 0. The average Bonchev–Trinajstić information content (AvgIpc) is 1.86. The van der Waals surface area contributed by atoms with Crippen LogP contribution in [0.5, 0.6) is 0 Å². The normalized spacial score (nSPS) is 10.4. The molecule has 3 N–H and O–H groups in total. The predicted octanol–water partition coefficient (Wildman–Crippen LogP) is 0.513. The SMILES string of the molecule is Nc1ccc(S(=O)(=O)O)cc1.[Ni]. The van der Waals surface area contributed by atoms with Crippen LogP contribution in [-0.2, 0) is 26.6 Å². The Kier molecular flexibility index (Phi) is 3.70. The first-order chi connectivity index (χ1) is 5.00. The fraction of sp³-hybridized carbons (Fsp3) is 0. The summed E-state index contributed by atoms with van der Waals surface area (Å²) >= 11 is 0. The third kappa shape index (κ3) is 2.81. The van der Waals surface area contributed by atoms with E-state index in [-0.39, 0.29) is 21.4 Å². The van der Waals surface area contributed by atoms with Crippen LogP contribution in [0.25, 0.3) is 0 Å². The van der Waals surface area contributed by atoms with Crippen molar-refractivity contribution in [2.24, 2.45) is 0 Å². The van der Waals surface area contributed by atoms with E-state index >= 15 is 0 Å². The molecule has 4 nitrogen and oxygen atoms in total. The van der Waals surface area contributed by atoms with Crippen molar-refractivity contribution in [3.05, 3.63) is 24.3 Å². The van der Waals surface area contributed by atoms with Crippen molar-refractivity contribution in [3.8, 4) is 0 Å². The van der Waals surface area contributed by atoms with Gasteiger partial charge in [-0.05, 0) is 24.3 Å². The second kappa shape index (κ2) is 3.89. The van der Waals surface area contributed by atoms with Gasteiger partial charge >= 0.3 is 0 Å². The van der Waals surface area contributed by atoms with Gasteiger partial charge in [0.05, 0.1) is 4.90 Å². The number of hydrogen-bond acceptors (Lipinski definition) is 3. The van der Waals surface area contributed by atoms with Gasteiger partial charge in [-0.2, -0.15) is 8.42 Å². The van der Waals surface area contributed by atoms with Crippen molar-refractivity contribution in [3.63, 3.8) is 0 Å². The molecule has 0 radical (unpaired) electrons. The maximum atomic E-state index is 10.5. The third-order valence-electron chi connectivity index (χ3n) is 1.18. The molecule has 1 rings (SSSR count). The molecule has 0 aliphatic carbocycles. The fourth-order valence-electron chi connectivity index (χ4n) is 0.640. The summed E-state index contributed by atoms with van der Waals surface area (Å²) in [6, 6.07) is 5.29. The van der Waals surface area contributed by atoms with E-state index in [4.69, 9.17) is 10.3 Å². The summed E-state index contributed by atoms with van der Waals surface area (Å²) in [6.07, 6.45) is 0. The average molecular weight is 232 g/mol. The number of anilines is 1. The topological polar surface area (TPSA) is 80.4 Å². The van der Waals surface area contributed by atoms with Gasteiger partial charge in [0.15, 0.2) is 0 Å². The van der Waals surface area contributed by atoms with E-state index in [0.717, 1.165) is 0 Å². The second-order valence-corrected chi connectivity index (χ2v) is 3.47. The van der Waals surface area contributed by atoms with Crippen LogP contribution in [0.3, 0.4) is 0 Å². The van der Waals surface area contributed by atoms with E-state index in [1.807, 2.05) is 0 Å². The van der Waals surface area contributed by atoms with Crippen LogP contribution in [0.15, 0.2) is 29.2 Å². The second-order valence-electron chi connectivity index (χ2n) is 2.04. The number of hydrogen-bond donors (Lipinski definition) is 2. The Morgan fingerprint density at radius 3 is 1.92 bits per heavy atom. The summed E-state index contributed by atoms with van der Waals surface area (Å²) in [5, 5.41) is 0. The molecular weight excluding hydrogens is 225 g/mol. The molecule has 12 heavy (non-hydrogen) atoms. The molecule has 70 valence electrons. The largest absolute Gasteiger partial charge is 0.399 e. The van der Waals surface area contributed by atoms with E-state index < -0.39 is 10.1 Å². The van der Waals surface area contributed by atoms with Gasteiger partial charge in [0, 0.05) is 22.2 Å². The van der Waals surface area contributed by atoms with Crippen molar-refractivity contribution in [2.75, 3.05) is 5.73 Å². The van der Waals surface area contributed by atoms with E-state index in [2.05, 4.69) is 0 Å². The van der Waals surface area contributed by atoms with Crippen LogP contribution in [0.1, 0.15) is 0 Å². The number of nitrogens with two attached hydrogens (primary N) is 1. The van der Waals surface area contributed by atoms with Gasteiger partial charge in [-0.15, -0.1) is 0 Å². The first kappa shape index (κ1) is 11.4. The molecule has 0 atom stereocenters. The molecule has 0 aliphatic heterocycles. The maximum Gasteiger partial charge on any atom is 0.294 e. The molecule has 1 aromatic rings. The van der Waals surface area contributed by atoms with E-state index in [0.29, 0.717) is 5.69 Å². The summed E-state index contributed by atoms with van der Waals surface area (Å²) in [7, 11) is -4.08. The van der Waals surface area contributed by atoms with Crippen molar-refractivity contribution in [1.29, 1.82) is 0 Å². The molecule has 0 spiro atoms. The molecule has 0 unspecified atom stereocenters. The number of rotatable bonds is 1. The molecule has 0 saturated carbocycles. The molecule has 6 heteroatoms. The predicted molar refractivity (Wildman–Crippen MR) is 40.7 cm³/mol. The molecule has 0 heterocycles. The Morgan fingerprint density at radius 1 is 1.17 bits per heavy atom. The zero-order valence-electron chi connectivity index (χ0n) is 5.87. The smallest absolute Gasteiger partial charge is 0.294 e. The van der Waals surface area contributed by atoms with Gasteiger partial charge in [-0.1, -0.05) is 0 Å². The molecule has 0 amide bonds. The van der Waals surface area contributed by atoms with E-state index in [1.54, 1.807) is 0 Å². The minimum absolute atomic E-state index is 0. The maximum absolute atomic E-state index is 10.5. The first-order valence-electron chi connectivity index (χ1n) is 2.83. The zero-order valence-corrected chi connectivity index (χ0v) is 7.68. The minimum Gasteiger partial charge on any atom is -0.399 e. The zero-order chi connectivity index (χ0) is 8.48.